The molecule has 1 aliphatic heterocycles. The first-order valence-corrected chi connectivity index (χ1v) is 7.47. The van der Waals surface area contributed by atoms with E-state index in [-0.39, 0.29) is 6.10 Å². The van der Waals surface area contributed by atoms with Crippen LogP contribution in [0, 0.1) is 6.92 Å². The topological polar surface area (TPSA) is 49.2 Å². The van der Waals surface area contributed by atoms with Crippen molar-refractivity contribution < 1.29 is 5.11 Å². The fraction of sp³-hybridized carbons (Fsp3) is 0.429. The number of aliphatic hydroxyl groups excluding tert-OH is 1. The molecule has 2 aromatic heterocycles. The summed E-state index contributed by atoms with van der Waals surface area (Å²) >= 11 is 1.67. The molecule has 0 amide bonds. The van der Waals surface area contributed by atoms with Gasteiger partial charge in [0.15, 0.2) is 5.82 Å². The molecule has 4 nitrogen and oxygen atoms in total. The van der Waals surface area contributed by atoms with E-state index in [1.807, 2.05) is 6.07 Å². The summed E-state index contributed by atoms with van der Waals surface area (Å²) in [5, 5.41) is 13.9. The Morgan fingerprint density at radius 1 is 1.42 bits per heavy atom. The molecule has 0 aromatic carbocycles. The van der Waals surface area contributed by atoms with Crippen molar-refractivity contribution >= 4 is 17.2 Å². The van der Waals surface area contributed by atoms with Crippen LogP contribution >= 0.6 is 11.3 Å². The van der Waals surface area contributed by atoms with Gasteiger partial charge < -0.3 is 10.0 Å². The highest BCUT2D eigenvalue weighted by Crippen LogP contribution is 2.26. The first kappa shape index (κ1) is 12.6. The first-order chi connectivity index (χ1) is 9.24. The van der Waals surface area contributed by atoms with Crippen molar-refractivity contribution in [1.82, 2.24) is 9.97 Å². The molecule has 0 saturated carbocycles. The molecule has 1 fully saturated rings. The molecule has 0 unspecified atom stereocenters. The predicted molar refractivity (Wildman–Crippen MR) is 77.5 cm³/mol. The lowest BCUT2D eigenvalue weighted by Gasteiger charge is -2.31. The van der Waals surface area contributed by atoms with Gasteiger partial charge in [0, 0.05) is 30.2 Å². The number of aryl methyl sites for hydroxylation is 1. The van der Waals surface area contributed by atoms with Gasteiger partial charge in [0.25, 0.3) is 0 Å². The van der Waals surface area contributed by atoms with Gasteiger partial charge in [-0.05, 0) is 36.8 Å². The summed E-state index contributed by atoms with van der Waals surface area (Å²) in [6.45, 7) is 3.70. The normalized spacial score (nSPS) is 19.7. The van der Waals surface area contributed by atoms with Crippen LogP contribution in [0.5, 0.6) is 0 Å². The smallest absolute Gasteiger partial charge is 0.162 e. The lowest BCUT2D eigenvalue weighted by atomic mass is 10.1. The molecule has 3 heterocycles. The summed E-state index contributed by atoms with van der Waals surface area (Å²) in [5.74, 6) is 1.69. The van der Waals surface area contributed by atoms with Crippen molar-refractivity contribution in [1.29, 1.82) is 0 Å². The van der Waals surface area contributed by atoms with Gasteiger partial charge >= 0.3 is 0 Å². The van der Waals surface area contributed by atoms with Gasteiger partial charge in [-0.15, -0.1) is 0 Å². The third-order valence-electron chi connectivity index (χ3n) is 3.46. The van der Waals surface area contributed by atoms with Crippen LogP contribution < -0.4 is 4.90 Å². The molecule has 0 spiro atoms. The van der Waals surface area contributed by atoms with E-state index in [0.717, 1.165) is 36.6 Å². The highest BCUT2D eigenvalue weighted by molar-refractivity contribution is 7.08. The molecule has 1 saturated heterocycles. The fourth-order valence-electron chi connectivity index (χ4n) is 2.41. The summed E-state index contributed by atoms with van der Waals surface area (Å²) in [6.07, 6.45) is 3.46. The van der Waals surface area contributed by atoms with E-state index in [1.54, 1.807) is 17.5 Å². The summed E-state index contributed by atoms with van der Waals surface area (Å²) in [4.78, 5) is 11.1. The zero-order valence-electron chi connectivity index (χ0n) is 10.9. The molecule has 0 aliphatic carbocycles. The highest BCUT2D eigenvalue weighted by Gasteiger charge is 2.19. The Kier molecular flexibility index (Phi) is 3.48. The monoisotopic (exact) mass is 275 g/mol. The number of nitrogens with zero attached hydrogens (tertiary/aromatic N) is 3. The van der Waals surface area contributed by atoms with Crippen LogP contribution in [-0.4, -0.2) is 34.3 Å². The quantitative estimate of drug-likeness (QED) is 0.914. The number of hydrogen-bond acceptors (Lipinski definition) is 5. The maximum atomic E-state index is 9.75. The Hall–Kier alpha value is -1.46. The van der Waals surface area contributed by atoms with Gasteiger partial charge in [0.05, 0.1) is 6.10 Å². The maximum absolute atomic E-state index is 9.75. The molecular formula is C14H17N3OS. The Balaban J connectivity index is 1.90. The van der Waals surface area contributed by atoms with Crippen LogP contribution in [0.2, 0.25) is 0 Å². The summed E-state index contributed by atoms with van der Waals surface area (Å²) in [6, 6.07) is 1.92. The Morgan fingerprint density at radius 3 is 3.05 bits per heavy atom. The van der Waals surface area contributed by atoms with E-state index in [4.69, 9.17) is 0 Å². The van der Waals surface area contributed by atoms with E-state index in [1.165, 1.54) is 5.56 Å². The van der Waals surface area contributed by atoms with E-state index in [9.17, 15) is 5.11 Å². The van der Waals surface area contributed by atoms with Crippen LogP contribution in [-0.2, 0) is 0 Å². The maximum Gasteiger partial charge on any atom is 0.162 e. The third kappa shape index (κ3) is 2.62. The Bertz CT molecular complexity index is 569. The average molecular weight is 275 g/mol. The number of piperidine rings is 1. The highest BCUT2D eigenvalue weighted by atomic mass is 32.1. The van der Waals surface area contributed by atoms with Crippen LogP contribution in [0.15, 0.2) is 23.0 Å². The molecule has 3 rings (SSSR count). The van der Waals surface area contributed by atoms with Crippen molar-refractivity contribution in [3.05, 3.63) is 28.6 Å². The van der Waals surface area contributed by atoms with E-state index in [0.29, 0.717) is 6.54 Å². The molecule has 1 aliphatic rings. The molecule has 100 valence electrons. The molecule has 2 aromatic rings. The van der Waals surface area contributed by atoms with Crippen LogP contribution in [0.25, 0.3) is 11.4 Å². The van der Waals surface area contributed by atoms with Crippen molar-refractivity contribution in [2.45, 2.75) is 25.9 Å². The third-order valence-corrected chi connectivity index (χ3v) is 4.32. The SMILES string of the molecule is Cc1cscc1-c1nccc(N2CCC[C@H](O)C2)n1. The predicted octanol–water partition coefficient (Wildman–Crippen LogP) is 2.47. The van der Waals surface area contributed by atoms with Gasteiger partial charge in [-0.25, -0.2) is 9.97 Å². The van der Waals surface area contributed by atoms with Gasteiger partial charge in [0.1, 0.15) is 5.82 Å². The second-order valence-electron chi connectivity index (χ2n) is 4.95. The molecule has 1 N–H and O–H groups in total. The standard InChI is InChI=1S/C14H17N3OS/c1-10-8-19-9-12(10)14-15-5-4-13(16-14)17-6-2-3-11(18)7-17/h4-5,8-9,11,18H,2-3,6-7H2,1H3/t11-/m0/s1. The van der Waals surface area contributed by atoms with Crippen LogP contribution in [0.1, 0.15) is 18.4 Å². The van der Waals surface area contributed by atoms with Crippen molar-refractivity contribution in [2.75, 3.05) is 18.0 Å². The molecular weight excluding hydrogens is 258 g/mol. The lowest BCUT2D eigenvalue weighted by Crippen LogP contribution is -2.38. The van der Waals surface area contributed by atoms with Gasteiger partial charge in [-0.2, -0.15) is 11.3 Å². The van der Waals surface area contributed by atoms with Crippen molar-refractivity contribution in [2.24, 2.45) is 0 Å². The minimum Gasteiger partial charge on any atom is -0.391 e. The van der Waals surface area contributed by atoms with Gasteiger partial charge in [-0.3, -0.25) is 0 Å². The number of anilines is 1. The average Bonchev–Trinajstić information content (AvgIpc) is 2.85. The second kappa shape index (κ2) is 5.27. The van der Waals surface area contributed by atoms with Crippen molar-refractivity contribution in [3.63, 3.8) is 0 Å². The molecule has 0 radical (unpaired) electrons. The number of aromatic nitrogens is 2. The minimum atomic E-state index is -0.241. The number of rotatable bonds is 2. The Labute approximate surface area is 116 Å². The zero-order valence-corrected chi connectivity index (χ0v) is 11.7. The number of hydrogen-bond donors (Lipinski definition) is 1. The first-order valence-electron chi connectivity index (χ1n) is 6.53. The molecule has 0 bridgehead atoms. The summed E-state index contributed by atoms with van der Waals surface area (Å²) in [5.41, 5.74) is 2.31. The lowest BCUT2D eigenvalue weighted by molar-refractivity contribution is 0.154. The molecule has 5 heteroatoms. The van der Waals surface area contributed by atoms with Crippen molar-refractivity contribution in [3.8, 4) is 11.4 Å². The summed E-state index contributed by atoms with van der Waals surface area (Å²) < 4.78 is 0. The largest absolute Gasteiger partial charge is 0.391 e. The summed E-state index contributed by atoms with van der Waals surface area (Å²) in [7, 11) is 0. The van der Waals surface area contributed by atoms with E-state index >= 15 is 0 Å². The zero-order chi connectivity index (χ0) is 13.2. The van der Waals surface area contributed by atoms with Crippen LogP contribution in [0.4, 0.5) is 5.82 Å². The molecule has 1 atom stereocenters. The van der Waals surface area contributed by atoms with E-state index in [2.05, 4.69) is 32.6 Å². The van der Waals surface area contributed by atoms with Gasteiger partial charge in [0.2, 0.25) is 0 Å². The second-order valence-corrected chi connectivity index (χ2v) is 5.69. The van der Waals surface area contributed by atoms with Crippen LogP contribution in [0.3, 0.4) is 0 Å². The van der Waals surface area contributed by atoms with E-state index < -0.39 is 0 Å². The number of β-amino-alcohol motifs (C(OH)–C–C–N with tert-alkyl or cyclic N) is 1. The van der Waals surface area contributed by atoms with Gasteiger partial charge in [-0.1, -0.05) is 0 Å². The Morgan fingerprint density at radius 2 is 2.32 bits per heavy atom. The molecule has 19 heavy (non-hydrogen) atoms. The number of thiophene rings is 1. The fourth-order valence-corrected chi connectivity index (χ4v) is 3.23. The number of aliphatic hydroxyl groups is 1. The minimum absolute atomic E-state index is 0.241.